The molecule has 1 saturated heterocycles. The summed E-state index contributed by atoms with van der Waals surface area (Å²) in [7, 11) is 4.56. The van der Waals surface area contributed by atoms with Gasteiger partial charge in [0.05, 0.1) is 38.9 Å². The molecule has 0 N–H and O–H groups in total. The fourth-order valence-electron chi connectivity index (χ4n) is 5.85. The summed E-state index contributed by atoms with van der Waals surface area (Å²) in [6.45, 7) is -0.317. The topological polar surface area (TPSA) is 108 Å². The third kappa shape index (κ3) is 4.88. The smallest absolute Gasteiger partial charge is 0.344 e. The average Bonchev–Trinajstić information content (AvgIpc) is 3.61. The highest BCUT2D eigenvalue weighted by atomic mass is 35.5. The van der Waals surface area contributed by atoms with Gasteiger partial charge >= 0.3 is 11.9 Å². The summed E-state index contributed by atoms with van der Waals surface area (Å²) in [5, 5.41) is 0.695. The van der Waals surface area contributed by atoms with Gasteiger partial charge < -0.3 is 37.9 Å². The summed E-state index contributed by atoms with van der Waals surface area (Å²) < 4.78 is 45.2. The fraction of sp³-hybridized carbons (Fsp3) is 0.333. The molecule has 3 aromatic carbocycles. The number of methoxy groups -OCH3 is 3. The van der Waals surface area contributed by atoms with Crippen molar-refractivity contribution < 1.29 is 47.5 Å². The Kier molecular flexibility index (Phi) is 7.59. The van der Waals surface area contributed by atoms with Crippen molar-refractivity contribution in [3.05, 3.63) is 69.2 Å². The number of halogens is 2. The van der Waals surface area contributed by atoms with Crippen molar-refractivity contribution in [3.63, 3.8) is 0 Å². The molecule has 0 bridgehead atoms. The van der Waals surface area contributed by atoms with E-state index in [1.54, 1.807) is 30.3 Å². The van der Waals surface area contributed by atoms with Crippen LogP contribution in [0.2, 0.25) is 10.0 Å². The maximum absolute atomic E-state index is 13.3. The maximum atomic E-state index is 13.3. The van der Waals surface area contributed by atoms with Gasteiger partial charge in [-0.3, -0.25) is 4.79 Å². The molecule has 220 valence electrons. The Balaban J connectivity index is 1.40. The van der Waals surface area contributed by atoms with E-state index in [9.17, 15) is 9.59 Å². The lowest BCUT2D eigenvalue weighted by atomic mass is 9.66. The number of benzene rings is 3. The Morgan fingerprint density at radius 1 is 0.881 bits per heavy atom. The van der Waals surface area contributed by atoms with E-state index in [0.717, 1.165) is 5.56 Å². The largest absolute Gasteiger partial charge is 0.493 e. The van der Waals surface area contributed by atoms with E-state index in [1.807, 2.05) is 6.07 Å². The Labute approximate surface area is 251 Å². The number of rotatable bonds is 8. The molecule has 4 atom stereocenters. The van der Waals surface area contributed by atoms with Gasteiger partial charge in [0.1, 0.15) is 11.9 Å². The van der Waals surface area contributed by atoms with Crippen LogP contribution in [-0.2, 0) is 19.1 Å². The van der Waals surface area contributed by atoms with E-state index in [0.29, 0.717) is 44.9 Å². The summed E-state index contributed by atoms with van der Waals surface area (Å²) in [4.78, 5) is 26.4. The van der Waals surface area contributed by atoms with Crippen LogP contribution in [0.15, 0.2) is 42.5 Å². The maximum Gasteiger partial charge on any atom is 0.344 e. The van der Waals surface area contributed by atoms with Gasteiger partial charge in [-0.2, -0.15) is 0 Å². The third-order valence-corrected chi connectivity index (χ3v) is 8.19. The Morgan fingerprint density at radius 2 is 1.57 bits per heavy atom. The summed E-state index contributed by atoms with van der Waals surface area (Å²) in [6.07, 6.45) is -0.832. The van der Waals surface area contributed by atoms with Gasteiger partial charge in [0.15, 0.2) is 29.6 Å². The van der Waals surface area contributed by atoms with Crippen molar-refractivity contribution in [3.8, 4) is 34.5 Å². The molecule has 10 nitrogen and oxygen atoms in total. The first-order valence-corrected chi connectivity index (χ1v) is 13.8. The van der Waals surface area contributed by atoms with Crippen LogP contribution in [-0.4, -0.2) is 53.3 Å². The molecule has 2 heterocycles. The van der Waals surface area contributed by atoms with Crippen molar-refractivity contribution in [2.75, 3.05) is 41.3 Å². The third-order valence-electron chi connectivity index (χ3n) is 7.66. The van der Waals surface area contributed by atoms with Gasteiger partial charge in [-0.25, -0.2) is 4.79 Å². The lowest BCUT2D eigenvalue weighted by Gasteiger charge is -2.38. The molecule has 0 spiro atoms. The molecule has 42 heavy (non-hydrogen) atoms. The monoisotopic (exact) mass is 616 g/mol. The SMILES string of the molecule is COc1cc(C2c3cc4c(cc3C(OC(=O)COc3ccc(Cl)cc3Cl)C3COC(=O)C23)OCO4)cc(OC)c1OC. The number of hydrogen-bond donors (Lipinski definition) is 0. The van der Waals surface area contributed by atoms with Crippen molar-refractivity contribution in [2.45, 2.75) is 12.0 Å². The Bertz CT molecular complexity index is 1530. The minimum atomic E-state index is -0.832. The minimum absolute atomic E-state index is 0.0438. The van der Waals surface area contributed by atoms with Crippen LogP contribution in [0.5, 0.6) is 34.5 Å². The second kappa shape index (κ2) is 11.3. The molecule has 1 aliphatic carbocycles. The fourth-order valence-corrected chi connectivity index (χ4v) is 6.31. The number of carbonyl (C=O) groups excluding carboxylic acids is 2. The van der Waals surface area contributed by atoms with Crippen molar-refractivity contribution >= 4 is 35.1 Å². The zero-order valence-corrected chi connectivity index (χ0v) is 24.3. The van der Waals surface area contributed by atoms with E-state index in [4.69, 9.17) is 61.1 Å². The Morgan fingerprint density at radius 3 is 2.21 bits per heavy atom. The number of fused-ring (bicyclic) bond motifs is 3. The van der Waals surface area contributed by atoms with E-state index >= 15 is 0 Å². The number of esters is 2. The number of carbonyl (C=O) groups is 2. The zero-order chi connectivity index (χ0) is 29.5. The van der Waals surface area contributed by atoms with Crippen LogP contribution >= 0.6 is 23.2 Å². The summed E-state index contributed by atoms with van der Waals surface area (Å²) in [5.74, 6) is -0.176. The van der Waals surface area contributed by atoms with Gasteiger partial charge in [0.2, 0.25) is 12.5 Å². The van der Waals surface area contributed by atoms with Crippen LogP contribution in [0.4, 0.5) is 0 Å². The number of ether oxygens (including phenoxy) is 8. The number of hydrogen-bond acceptors (Lipinski definition) is 10. The first-order chi connectivity index (χ1) is 20.3. The standard InChI is InChI=1S/C30H26Cl2O10/c1-35-23-6-14(7-24(36-2)29(23)37-3)26-16-9-21-22(41-13-40-21)10-17(16)28(18-11-39-30(34)27(18)26)42-25(33)12-38-20-5-4-15(31)8-19(20)32/h4-10,18,26-28H,11-13H2,1-3H3. The van der Waals surface area contributed by atoms with Crippen molar-refractivity contribution in [1.29, 1.82) is 0 Å². The van der Waals surface area contributed by atoms with Crippen LogP contribution < -0.4 is 28.4 Å². The molecule has 12 heteroatoms. The van der Waals surface area contributed by atoms with E-state index in [2.05, 4.69) is 0 Å². The lowest BCUT2D eigenvalue weighted by Crippen LogP contribution is -2.37. The van der Waals surface area contributed by atoms with Gasteiger partial charge in [-0.15, -0.1) is 0 Å². The van der Waals surface area contributed by atoms with Crippen molar-refractivity contribution in [1.82, 2.24) is 0 Å². The van der Waals surface area contributed by atoms with Gasteiger partial charge in [-0.05, 0) is 53.6 Å². The van der Waals surface area contributed by atoms with Gasteiger partial charge in [-0.1, -0.05) is 23.2 Å². The van der Waals surface area contributed by atoms with E-state index in [-0.39, 0.29) is 24.2 Å². The molecule has 3 aromatic rings. The van der Waals surface area contributed by atoms with Crippen LogP contribution in [0, 0.1) is 11.8 Å². The molecule has 4 unspecified atom stereocenters. The van der Waals surface area contributed by atoms with Crippen LogP contribution in [0.25, 0.3) is 0 Å². The molecule has 0 saturated carbocycles. The second-order valence-electron chi connectivity index (χ2n) is 9.86. The van der Waals surface area contributed by atoms with Gasteiger partial charge in [0.25, 0.3) is 0 Å². The highest BCUT2D eigenvalue weighted by Gasteiger charge is 2.54. The molecular weight excluding hydrogens is 591 g/mol. The molecule has 0 amide bonds. The average molecular weight is 617 g/mol. The van der Waals surface area contributed by atoms with E-state index < -0.39 is 42.4 Å². The summed E-state index contributed by atoms with van der Waals surface area (Å²) in [6, 6.07) is 11.9. The molecular formula is C30H26Cl2O10. The molecule has 2 aliphatic heterocycles. The predicted octanol–water partition coefficient (Wildman–Crippen LogP) is 5.35. The normalized spacial score (nSPS) is 21.6. The molecule has 0 aromatic heterocycles. The molecule has 1 fully saturated rings. The quantitative estimate of drug-likeness (QED) is 0.307. The number of cyclic esters (lactones) is 1. The molecule has 0 radical (unpaired) electrons. The molecule has 6 rings (SSSR count). The second-order valence-corrected chi connectivity index (χ2v) is 10.7. The highest BCUT2D eigenvalue weighted by Crippen LogP contribution is 2.56. The molecule has 3 aliphatic rings. The van der Waals surface area contributed by atoms with Crippen LogP contribution in [0.1, 0.15) is 28.7 Å². The summed E-state index contributed by atoms with van der Waals surface area (Å²) in [5.41, 5.74) is 2.10. The minimum Gasteiger partial charge on any atom is -0.493 e. The van der Waals surface area contributed by atoms with Gasteiger partial charge in [0, 0.05) is 22.4 Å². The first kappa shape index (κ1) is 28.1. The highest BCUT2D eigenvalue weighted by molar-refractivity contribution is 6.35. The van der Waals surface area contributed by atoms with Crippen LogP contribution in [0.3, 0.4) is 0 Å². The zero-order valence-electron chi connectivity index (χ0n) is 22.8. The summed E-state index contributed by atoms with van der Waals surface area (Å²) >= 11 is 12.1. The predicted molar refractivity (Wildman–Crippen MR) is 149 cm³/mol. The Hall–Kier alpha value is -4.02. The lowest BCUT2D eigenvalue weighted by molar-refractivity contribution is -0.156. The van der Waals surface area contributed by atoms with Crippen molar-refractivity contribution in [2.24, 2.45) is 11.8 Å². The first-order valence-electron chi connectivity index (χ1n) is 13.0. The van der Waals surface area contributed by atoms with E-state index in [1.165, 1.54) is 27.4 Å².